The van der Waals surface area contributed by atoms with Crippen LogP contribution in [0.25, 0.3) is 0 Å². The zero-order valence-corrected chi connectivity index (χ0v) is 10.1. The number of H-pyrrole nitrogens is 1. The standard InChI is InChI=1S/C6H6.C5H5N.C4H5N.H2O/c2*1-2-4-6-5-3-1;1-2-4-5-3-1;/h1-6H;1-5H;1-5H;1H2. The molecule has 0 atom stereocenters. The summed E-state index contributed by atoms with van der Waals surface area (Å²) >= 11 is 0. The molecule has 0 bridgehead atoms. The predicted octanol–water partition coefficient (Wildman–Crippen LogP) is 2.96. The summed E-state index contributed by atoms with van der Waals surface area (Å²) < 4.78 is 0. The average molecular weight is 242 g/mol. The molecule has 3 heteroatoms. The van der Waals surface area contributed by atoms with Gasteiger partial charge in [0.2, 0.25) is 0 Å². The van der Waals surface area contributed by atoms with Crippen molar-refractivity contribution in [1.29, 1.82) is 0 Å². The smallest absolute Gasteiger partial charge is 0.0267 e. The van der Waals surface area contributed by atoms with Gasteiger partial charge in [-0.25, -0.2) is 0 Å². The monoisotopic (exact) mass is 242 g/mol. The molecule has 1 aromatic carbocycles. The Morgan fingerprint density at radius 2 is 0.889 bits per heavy atom. The van der Waals surface area contributed by atoms with Crippen LogP contribution in [0.4, 0.5) is 0 Å². The number of hydrogen-bond acceptors (Lipinski definition) is 1. The molecule has 0 saturated carbocycles. The lowest BCUT2D eigenvalue weighted by molar-refractivity contribution is 0.824. The molecule has 0 amide bonds. The number of aromatic nitrogens is 2. The molecule has 0 fully saturated rings. The minimum absolute atomic E-state index is 0. The number of pyridine rings is 1. The van der Waals surface area contributed by atoms with Crippen molar-refractivity contribution in [2.75, 3.05) is 0 Å². The molecule has 2 aromatic heterocycles. The van der Waals surface area contributed by atoms with Crippen LogP contribution < -0.4 is 0 Å². The van der Waals surface area contributed by atoms with E-state index in [1.807, 2.05) is 79.1 Å². The molecule has 18 heavy (non-hydrogen) atoms. The summed E-state index contributed by atoms with van der Waals surface area (Å²) in [4.78, 5) is 6.65. The first-order valence-corrected chi connectivity index (χ1v) is 5.43. The summed E-state index contributed by atoms with van der Waals surface area (Å²) in [5, 5.41) is 0. The van der Waals surface area contributed by atoms with Gasteiger partial charge in [0.15, 0.2) is 0 Å². The van der Waals surface area contributed by atoms with Crippen LogP contribution in [-0.4, -0.2) is 15.4 Å². The van der Waals surface area contributed by atoms with Crippen molar-refractivity contribution >= 4 is 0 Å². The highest BCUT2D eigenvalue weighted by molar-refractivity contribution is 4.99. The number of benzene rings is 1. The lowest BCUT2D eigenvalue weighted by Crippen LogP contribution is -1.58. The molecule has 2 heterocycles. The molecule has 3 aromatic rings. The Hall–Kier alpha value is -2.39. The van der Waals surface area contributed by atoms with Crippen molar-refractivity contribution in [1.82, 2.24) is 9.97 Å². The van der Waals surface area contributed by atoms with Crippen LogP contribution in [-0.2, 0) is 0 Å². The van der Waals surface area contributed by atoms with E-state index in [1.165, 1.54) is 0 Å². The molecule has 3 rings (SSSR count). The van der Waals surface area contributed by atoms with Gasteiger partial charge in [-0.1, -0.05) is 42.5 Å². The molecule has 0 aliphatic heterocycles. The maximum absolute atomic E-state index is 3.78. The van der Waals surface area contributed by atoms with Crippen LogP contribution in [0.15, 0.2) is 91.5 Å². The third kappa shape index (κ3) is 10.1. The lowest BCUT2D eigenvalue weighted by atomic mass is 10.4. The highest BCUT2D eigenvalue weighted by atomic mass is 16.0. The topological polar surface area (TPSA) is 60.2 Å². The summed E-state index contributed by atoms with van der Waals surface area (Å²) in [5.41, 5.74) is 0. The van der Waals surface area contributed by atoms with Crippen LogP contribution in [0.2, 0.25) is 0 Å². The second kappa shape index (κ2) is 12.7. The van der Waals surface area contributed by atoms with Crippen LogP contribution in [0.3, 0.4) is 0 Å². The Morgan fingerprint density at radius 3 is 1.06 bits per heavy atom. The first-order chi connectivity index (χ1) is 8.50. The highest BCUT2D eigenvalue weighted by Gasteiger charge is 1.59. The summed E-state index contributed by atoms with van der Waals surface area (Å²) in [7, 11) is 0. The van der Waals surface area contributed by atoms with Crippen LogP contribution >= 0.6 is 0 Å². The molecule has 0 aliphatic rings. The van der Waals surface area contributed by atoms with Crippen molar-refractivity contribution in [3.63, 3.8) is 0 Å². The Bertz CT molecular complexity index is 324. The number of hydrogen-bond donors (Lipinski definition) is 1. The minimum atomic E-state index is 0. The van der Waals surface area contributed by atoms with Crippen molar-refractivity contribution in [3.8, 4) is 0 Å². The molecule has 0 saturated heterocycles. The molecule has 0 unspecified atom stereocenters. The molecule has 94 valence electrons. The zero-order valence-electron chi connectivity index (χ0n) is 10.1. The van der Waals surface area contributed by atoms with Gasteiger partial charge in [-0.15, -0.1) is 0 Å². The third-order valence-electron chi connectivity index (χ3n) is 1.73. The van der Waals surface area contributed by atoms with Crippen LogP contribution in [0.5, 0.6) is 0 Å². The molecule has 3 N–H and O–H groups in total. The summed E-state index contributed by atoms with van der Waals surface area (Å²) in [5.74, 6) is 0. The van der Waals surface area contributed by atoms with Gasteiger partial charge in [0.25, 0.3) is 0 Å². The van der Waals surface area contributed by atoms with Crippen molar-refractivity contribution in [2.24, 2.45) is 0 Å². The van der Waals surface area contributed by atoms with Gasteiger partial charge in [0.1, 0.15) is 0 Å². The SMILES string of the molecule is O.c1cc[nH]c1.c1ccccc1.c1ccncc1. The third-order valence-corrected chi connectivity index (χ3v) is 1.73. The second-order valence-corrected chi connectivity index (χ2v) is 3.06. The fourth-order valence-electron chi connectivity index (χ4n) is 0.975. The lowest BCUT2D eigenvalue weighted by Gasteiger charge is -1.70. The molecule has 0 aliphatic carbocycles. The number of nitrogens with one attached hydrogen (secondary N) is 1. The quantitative estimate of drug-likeness (QED) is 0.647. The zero-order chi connectivity index (χ0) is 12.0. The normalized spacial score (nSPS) is 7.56. The fraction of sp³-hybridized carbons (Fsp3) is 0. The Morgan fingerprint density at radius 1 is 0.500 bits per heavy atom. The first kappa shape index (κ1) is 15.6. The van der Waals surface area contributed by atoms with E-state index in [0.717, 1.165) is 0 Å². The second-order valence-electron chi connectivity index (χ2n) is 3.06. The van der Waals surface area contributed by atoms with Crippen molar-refractivity contribution in [2.45, 2.75) is 0 Å². The van der Waals surface area contributed by atoms with E-state index >= 15 is 0 Å². The maximum atomic E-state index is 3.78. The minimum Gasteiger partial charge on any atom is -0.412 e. The van der Waals surface area contributed by atoms with Gasteiger partial charge >= 0.3 is 0 Å². The van der Waals surface area contributed by atoms with Gasteiger partial charge in [-0.2, -0.15) is 0 Å². The van der Waals surface area contributed by atoms with Crippen LogP contribution in [0, 0.1) is 0 Å². The van der Waals surface area contributed by atoms with E-state index in [2.05, 4.69) is 9.97 Å². The molecule has 3 nitrogen and oxygen atoms in total. The Labute approximate surface area is 107 Å². The molecular weight excluding hydrogens is 224 g/mol. The Kier molecular flexibility index (Phi) is 11.0. The summed E-state index contributed by atoms with van der Waals surface area (Å²) in [6, 6.07) is 21.6. The van der Waals surface area contributed by atoms with E-state index in [9.17, 15) is 0 Å². The molecule has 0 spiro atoms. The van der Waals surface area contributed by atoms with Gasteiger partial charge in [-0.3, -0.25) is 4.98 Å². The Balaban J connectivity index is 0.000000235. The van der Waals surface area contributed by atoms with Crippen LogP contribution in [0.1, 0.15) is 0 Å². The maximum Gasteiger partial charge on any atom is 0.0267 e. The first-order valence-electron chi connectivity index (χ1n) is 5.43. The van der Waals surface area contributed by atoms with Crippen molar-refractivity contribution < 1.29 is 5.48 Å². The van der Waals surface area contributed by atoms with Gasteiger partial charge < -0.3 is 10.5 Å². The molecular formula is C15H18N2O. The number of nitrogens with zero attached hydrogens (tertiary/aromatic N) is 1. The largest absolute Gasteiger partial charge is 0.412 e. The number of aromatic amines is 1. The fourth-order valence-corrected chi connectivity index (χ4v) is 0.975. The van der Waals surface area contributed by atoms with E-state index in [0.29, 0.717) is 0 Å². The van der Waals surface area contributed by atoms with Gasteiger partial charge in [0.05, 0.1) is 0 Å². The van der Waals surface area contributed by atoms with E-state index in [1.54, 1.807) is 12.4 Å². The van der Waals surface area contributed by atoms with E-state index in [-0.39, 0.29) is 5.48 Å². The van der Waals surface area contributed by atoms with Gasteiger partial charge in [0, 0.05) is 24.8 Å². The average Bonchev–Trinajstić information content (AvgIpc) is 3.03. The van der Waals surface area contributed by atoms with Crippen molar-refractivity contribution in [3.05, 3.63) is 91.5 Å². The van der Waals surface area contributed by atoms with Gasteiger partial charge in [-0.05, 0) is 24.3 Å². The van der Waals surface area contributed by atoms with E-state index in [4.69, 9.17) is 0 Å². The van der Waals surface area contributed by atoms with E-state index < -0.39 is 0 Å². The predicted molar refractivity (Wildman–Crippen MR) is 75.1 cm³/mol. The molecule has 0 radical (unpaired) electrons. The summed E-state index contributed by atoms with van der Waals surface area (Å²) in [6.07, 6.45) is 7.25. The number of rotatable bonds is 0. The summed E-state index contributed by atoms with van der Waals surface area (Å²) in [6.45, 7) is 0. The highest BCUT2D eigenvalue weighted by Crippen LogP contribution is 1.80.